The fourth-order valence-corrected chi connectivity index (χ4v) is 0.912. The smallest absolute Gasteiger partial charge is 0.0895 e. The summed E-state index contributed by atoms with van der Waals surface area (Å²) in [7, 11) is 0. The zero-order valence-corrected chi connectivity index (χ0v) is 7.26. The lowest BCUT2D eigenvalue weighted by atomic mass is 10.2. The Balaban J connectivity index is 2.17. The molecule has 1 saturated heterocycles. The van der Waals surface area contributed by atoms with Crippen LogP contribution < -0.4 is 5.43 Å². The predicted molar refractivity (Wildman–Crippen MR) is 45.8 cm³/mol. The van der Waals surface area contributed by atoms with Crippen LogP contribution in [0, 0.1) is 0 Å². The summed E-state index contributed by atoms with van der Waals surface area (Å²) < 4.78 is 4.96. The summed E-state index contributed by atoms with van der Waals surface area (Å²) in [5.74, 6) is 0. The molecule has 0 saturated carbocycles. The van der Waals surface area contributed by atoms with Gasteiger partial charge in [-0.1, -0.05) is 13.8 Å². The van der Waals surface area contributed by atoms with E-state index in [1.807, 2.05) is 0 Å². The molecule has 1 aliphatic heterocycles. The van der Waals surface area contributed by atoms with E-state index in [2.05, 4.69) is 24.4 Å². The molecule has 1 rings (SSSR count). The molecule has 0 radical (unpaired) electrons. The molecule has 1 aliphatic rings. The van der Waals surface area contributed by atoms with Gasteiger partial charge in [-0.05, 0) is 12.8 Å². The highest BCUT2D eigenvalue weighted by Crippen LogP contribution is 1.98. The third-order valence-corrected chi connectivity index (χ3v) is 1.93. The van der Waals surface area contributed by atoms with Crippen molar-refractivity contribution >= 4 is 5.71 Å². The quantitative estimate of drug-likeness (QED) is 0.619. The molecule has 0 aromatic heterocycles. The number of nitrogens with one attached hydrogen (secondary N) is 1. The Bertz CT molecular complexity index is 135. The third kappa shape index (κ3) is 2.50. The second-order valence-electron chi connectivity index (χ2n) is 2.81. The number of hydrogen-bond donors (Lipinski definition) is 1. The first kappa shape index (κ1) is 8.53. The van der Waals surface area contributed by atoms with E-state index in [4.69, 9.17) is 4.74 Å². The topological polar surface area (TPSA) is 33.6 Å². The molecule has 0 aromatic rings. The monoisotopic (exact) mass is 156 g/mol. The van der Waals surface area contributed by atoms with Crippen molar-refractivity contribution in [2.24, 2.45) is 5.10 Å². The number of ether oxygens (including phenoxy) is 1. The first-order valence-corrected chi connectivity index (χ1v) is 4.25. The molecule has 1 heterocycles. The van der Waals surface area contributed by atoms with Gasteiger partial charge < -0.3 is 10.2 Å². The van der Waals surface area contributed by atoms with E-state index in [1.165, 1.54) is 0 Å². The van der Waals surface area contributed by atoms with Gasteiger partial charge in [0.1, 0.15) is 0 Å². The van der Waals surface area contributed by atoms with Crippen LogP contribution in [-0.4, -0.2) is 25.0 Å². The van der Waals surface area contributed by atoms with Gasteiger partial charge in [-0.15, -0.1) is 0 Å². The Morgan fingerprint density at radius 1 is 1.45 bits per heavy atom. The highest BCUT2D eigenvalue weighted by molar-refractivity contribution is 5.90. The largest absolute Gasteiger partial charge is 0.369 e. The van der Waals surface area contributed by atoms with Crippen molar-refractivity contribution < 1.29 is 4.74 Å². The fourth-order valence-electron chi connectivity index (χ4n) is 0.912. The Morgan fingerprint density at radius 2 is 2.09 bits per heavy atom. The Kier molecular flexibility index (Phi) is 3.36. The highest BCUT2D eigenvalue weighted by atomic mass is 16.5. The molecule has 3 heteroatoms. The average Bonchev–Trinajstić information content (AvgIpc) is 1.95. The molecular weight excluding hydrogens is 140 g/mol. The number of rotatable bonds is 4. The second-order valence-corrected chi connectivity index (χ2v) is 2.81. The second kappa shape index (κ2) is 4.34. The Morgan fingerprint density at radius 3 is 2.45 bits per heavy atom. The predicted octanol–water partition coefficient (Wildman–Crippen LogP) is 1.15. The SMILES string of the molecule is CCC(CC)NN=C1COC1. The molecule has 11 heavy (non-hydrogen) atoms. The van der Waals surface area contributed by atoms with Gasteiger partial charge in [0, 0.05) is 6.04 Å². The van der Waals surface area contributed by atoms with Crippen LogP contribution in [0.5, 0.6) is 0 Å². The van der Waals surface area contributed by atoms with E-state index >= 15 is 0 Å². The molecular formula is C8H16N2O. The molecule has 3 nitrogen and oxygen atoms in total. The molecule has 0 aliphatic carbocycles. The van der Waals surface area contributed by atoms with Crippen LogP contribution in [-0.2, 0) is 4.74 Å². The van der Waals surface area contributed by atoms with E-state index < -0.39 is 0 Å². The van der Waals surface area contributed by atoms with Crippen LogP contribution in [0.2, 0.25) is 0 Å². The molecule has 64 valence electrons. The molecule has 0 amide bonds. The molecule has 1 N–H and O–H groups in total. The van der Waals surface area contributed by atoms with Crippen molar-refractivity contribution in [2.75, 3.05) is 13.2 Å². The summed E-state index contributed by atoms with van der Waals surface area (Å²) in [6, 6.07) is 0.531. The first-order chi connectivity index (χ1) is 5.36. The van der Waals surface area contributed by atoms with Gasteiger partial charge in [-0.25, -0.2) is 0 Å². The maximum atomic E-state index is 4.96. The van der Waals surface area contributed by atoms with Gasteiger partial charge >= 0.3 is 0 Å². The minimum atomic E-state index is 0.531. The maximum Gasteiger partial charge on any atom is 0.0895 e. The van der Waals surface area contributed by atoms with Crippen LogP contribution in [0.3, 0.4) is 0 Å². The zero-order chi connectivity index (χ0) is 8.10. The van der Waals surface area contributed by atoms with Gasteiger partial charge in [0.05, 0.1) is 18.9 Å². The van der Waals surface area contributed by atoms with E-state index in [0.29, 0.717) is 19.3 Å². The van der Waals surface area contributed by atoms with Crippen molar-refractivity contribution in [1.29, 1.82) is 0 Å². The van der Waals surface area contributed by atoms with Gasteiger partial charge in [0.15, 0.2) is 0 Å². The van der Waals surface area contributed by atoms with Gasteiger partial charge in [-0.3, -0.25) is 0 Å². The minimum absolute atomic E-state index is 0.531. The molecule has 0 atom stereocenters. The molecule has 0 bridgehead atoms. The van der Waals surface area contributed by atoms with Crippen LogP contribution in [0.4, 0.5) is 0 Å². The van der Waals surface area contributed by atoms with E-state index in [9.17, 15) is 0 Å². The van der Waals surface area contributed by atoms with Crippen LogP contribution in [0.1, 0.15) is 26.7 Å². The lowest BCUT2D eigenvalue weighted by molar-refractivity contribution is 0.157. The van der Waals surface area contributed by atoms with Crippen LogP contribution >= 0.6 is 0 Å². The van der Waals surface area contributed by atoms with Gasteiger partial charge in [0.25, 0.3) is 0 Å². The van der Waals surface area contributed by atoms with Crippen LogP contribution in [0.15, 0.2) is 5.10 Å². The number of nitrogens with zero attached hydrogens (tertiary/aromatic N) is 1. The van der Waals surface area contributed by atoms with Crippen molar-refractivity contribution in [3.8, 4) is 0 Å². The van der Waals surface area contributed by atoms with Crippen molar-refractivity contribution in [1.82, 2.24) is 5.43 Å². The summed E-state index contributed by atoms with van der Waals surface area (Å²) in [5, 5.41) is 4.21. The highest BCUT2D eigenvalue weighted by Gasteiger charge is 2.10. The minimum Gasteiger partial charge on any atom is -0.369 e. The van der Waals surface area contributed by atoms with E-state index in [1.54, 1.807) is 0 Å². The number of hydrazone groups is 1. The molecule has 0 spiro atoms. The maximum absolute atomic E-state index is 4.96. The summed E-state index contributed by atoms with van der Waals surface area (Å²) in [5.41, 5.74) is 4.27. The lowest BCUT2D eigenvalue weighted by Crippen LogP contribution is -2.32. The summed E-state index contributed by atoms with van der Waals surface area (Å²) in [4.78, 5) is 0. The third-order valence-electron chi connectivity index (χ3n) is 1.93. The molecule has 0 unspecified atom stereocenters. The van der Waals surface area contributed by atoms with Gasteiger partial charge in [-0.2, -0.15) is 5.10 Å². The molecule has 0 aromatic carbocycles. The zero-order valence-electron chi connectivity index (χ0n) is 7.26. The van der Waals surface area contributed by atoms with Crippen molar-refractivity contribution in [3.05, 3.63) is 0 Å². The van der Waals surface area contributed by atoms with Crippen molar-refractivity contribution in [2.45, 2.75) is 32.7 Å². The summed E-state index contributed by atoms with van der Waals surface area (Å²) in [6.07, 6.45) is 2.27. The molecule has 1 fully saturated rings. The van der Waals surface area contributed by atoms with E-state index in [0.717, 1.165) is 18.6 Å². The van der Waals surface area contributed by atoms with E-state index in [-0.39, 0.29) is 0 Å². The normalized spacial score (nSPS) is 16.5. The van der Waals surface area contributed by atoms with Crippen molar-refractivity contribution in [3.63, 3.8) is 0 Å². The summed E-state index contributed by atoms with van der Waals surface area (Å²) >= 11 is 0. The summed E-state index contributed by atoms with van der Waals surface area (Å²) in [6.45, 7) is 5.76. The number of hydrogen-bond acceptors (Lipinski definition) is 3. The standard InChI is InChI=1S/C8H16N2O/c1-3-7(4-2)9-10-8-5-11-6-8/h7,9H,3-6H2,1-2H3. The first-order valence-electron chi connectivity index (χ1n) is 4.25. The van der Waals surface area contributed by atoms with Crippen LogP contribution in [0.25, 0.3) is 0 Å². The lowest BCUT2D eigenvalue weighted by Gasteiger charge is -2.18. The fraction of sp³-hybridized carbons (Fsp3) is 0.875. The average molecular weight is 156 g/mol. The van der Waals surface area contributed by atoms with Gasteiger partial charge in [0.2, 0.25) is 0 Å². The Hall–Kier alpha value is -0.570. The Labute approximate surface area is 67.8 Å².